The highest BCUT2D eigenvalue weighted by molar-refractivity contribution is 9.10. The van der Waals surface area contributed by atoms with E-state index in [1.54, 1.807) is 12.4 Å². The predicted molar refractivity (Wildman–Crippen MR) is 73.0 cm³/mol. The van der Waals surface area contributed by atoms with Crippen molar-refractivity contribution in [2.45, 2.75) is 12.8 Å². The lowest BCUT2D eigenvalue weighted by Crippen LogP contribution is -2.05. The molecule has 0 saturated carbocycles. The van der Waals surface area contributed by atoms with Crippen LogP contribution in [0.5, 0.6) is 0 Å². The third-order valence-electron chi connectivity index (χ3n) is 2.38. The first-order valence-electron chi connectivity index (χ1n) is 5.60. The Hall–Kier alpha value is -1.42. The first kappa shape index (κ1) is 12.0. The Morgan fingerprint density at radius 2 is 1.94 bits per heavy atom. The molecule has 0 radical (unpaired) electrons. The summed E-state index contributed by atoms with van der Waals surface area (Å²) < 4.78 is 1.13. The van der Waals surface area contributed by atoms with Crippen LogP contribution in [0.15, 0.2) is 47.2 Å². The summed E-state index contributed by atoms with van der Waals surface area (Å²) >= 11 is 3.47. The minimum atomic E-state index is 0.696. The largest absolute Gasteiger partial charge is 0.354 e. The zero-order valence-electron chi connectivity index (χ0n) is 9.44. The lowest BCUT2D eigenvalue weighted by molar-refractivity contribution is 0.852. The Kier molecular flexibility index (Phi) is 4.50. The number of hydrogen-bond donors (Lipinski definition) is 1. The van der Waals surface area contributed by atoms with E-state index in [2.05, 4.69) is 49.4 Å². The van der Waals surface area contributed by atoms with Crippen LogP contribution in [0.2, 0.25) is 0 Å². The van der Waals surface area contributed by atoms with Gasteiger partial charge in [0.25, 0.3) is 0 Å². The maximum absolute atomic E-state index is 4.11. The fraction of sp³-hybridized carbons (Fsp3) is 0.231. The van der Waals surface area contributed by atoms with Crippen molar-refractivity contribution in [1.29, 1.82) is 0 Å². The van der Waals surface area contributed by atoms with Gasteiger partial charge in [-0.15, -0.1) is 0 Å². The molecule has 0 atom stereocenters. The van der Waals surface area contributed by atoms with Crippen LogP contribution in [0.3, 0.4) is 0 Å². The number of benzene rings is 1. The van der Waals surface area contributed by atoms with Crippen molar-refractivity contribution >= 4 is 21.9 Å². The summed E-state index contributed by atoms with van der Waals surface area (Å²) in [6, 6.07) is 10.2. The van der Waals surface area contributed by atoms with Gasteiger partial charge in [0, 0.05) is 23.4 Å². The van der Waals surface area contributed by atoms with Gasteiger partial charge in [-0.25, -0.2) is 9.97 Å². The van der Waals surface area contributed by atoms with Crippen LogP contribution in [-0.4, -0.2) is 16.5 Å². The normalized spacial score (nSPS) is 10.2. The van der Waals surface area contributed by atoms with Crippen LogP contribution in [0.1, 0.15) is 12.0 Å². The summed E-state index contributed by atoms with van der Waals surface area (Å²) in [5, 5.41) is 3.20. The highest BCUT2D eigenvalue weighted by atomic mass is 79.9. The molecule has 0 saturated heterocycles. The number of nitrogens with one attached hydrogen (secondary N) is 1. The van der Waals surface area contributed by atoms with E-state index in [4.69, 9.17) is 0 Å². The van der Waals surface area contributed by atoms with Crippen LogP contribution in [-0.2, 0) is 6.42 Å². The van der Waals surface area contributed by atoms with Gasteiger partial charge in [0.15, 0.2) is 0 Å². The molecule has 1 N–H and O–H groups in total. The summed E-state index contributed by atoms with van der Waals surface area (Å²) in [4.78, 5) is 8.22. The van der Waals surface area contributed by atoms with Gasteiger partial charge >= 0.3 is 0 Å². The molecule has 17 heavy (non-hydrogen) atoms. The van der Waals surface area contributed by atoms with E-state index >= 15 is 0 Å². The molecule has 0 aliphatic carbocycles. The van der Waals surface area contributed by atoms with Crippen LogP contribution in [0.25, 0.3) is 0 Å². The average molecular weight is 292 g/mol. The van der Waals surface area contributed by atoms with Crippen LogP contribution in [0.4, 0.5) is 5.95 Å². The van der Waals surface area contributed by atoms with Crippen molar-refractivity contribution in [2.24, 2.45) is 0 Å². The first-order valence-corrected chi connectivity index (χ1v) is 6.39. The molecule has 88 valence electrons. The molecule has 1 aromatic carbocycles. The van der Waals surface area contributed by atoms with E-state index in [1.165, 1.54) is 5.56 Å². The Bertz CT molecular complexity index is 459. The topological polar surface area (TPSA) is 37.8 Å². The van der Waals surface area contributed by atoms with E-state index in [1.807, 2.05) is 12.1 Å². The second kappa shape index (κ2) is 6.35. The monoisotopic (exact) mass is 291 g/mol. The number of aryl methyl sites for hydroxylation is 1. The predicted octanol–water partition coefficient (Wildman–Crippen LogP) is 3.28. The Morgan fingerprint density at radius 3 is 2.71 bits per heavy atom. The van der Waals surface area contributed by atoms with Gasteiger partial charge in [-0.05, 0) is 36.6 Å². The second-order valence-electron chi connectivity index (χ2n) is 3.73. The maximum atomic E-state index is 4.11. The molecule has 1 aromatic heterocycles. The molecule has 0 bridgehead atoms. The summed E-state index contributed by atoms with van der Waals surface area (Å²) in [6.45, 7) is 0.885. The number of halogens is 1. The Balaban J connectivity index is 1.73. The van der Waals surface area contributed by atoms with Crippen LogP contribution >= 0.6 is 15.9 Å². The van der Waals surface area contributed by atoms with Gasteiger partial charge in [-0.1, -0.05) is 28.1 Å². The van der Waals surface area contributed by atoms with Crippen molar-refractivity contribution in [3.63, 3.8) is 0 Å². The van der Waals surface area contributed by atoms with Gasteiger partial charge in [0.05, 0.1) is 0 Å². The van der Waals surface area contributed by atoms with Crippen LogP contribution in [0, 0.1) is 0 Å². The Morgan fingerprint density at radius 1 is 1.12 bits per heavy atom. The van der Waals surface area contributed by atoms with E-state index in [0.717, 1.165) is 23.9 Å². The van der Waals surface area contributed by atoms with E-state index in [0.29, 0.717) is 5.95 Å². The summed E-state index contributed by atoms with van der Waals surface area (Å²) in [5.41, 5.74) is 1.34. The number of nitrogens with zero attached hydrogens (tertiary/aromatic N) is 2. The van der Waals surface area contributed by atoms with Crippen molar-refractivity contribution in [3.05, 3.63) is 52.8 Å². The molecule has 2 rings (SSSR count). The van der Waals surface area contributed by atoms with Gasteiger partial charge in [-0.2, -0.15) is 0 Å². The fourth-order valence-corrected chi connectivity index (χ4v) is 2.02. The van der Waals surface area contributed by atoms with Gasteiger partial charge < -0.3 is 5.32 Å². The Labute approximate surface area is 109 Å². The van der Waals surface area contributed by atoms with Crippen molar-refractivity contribution in [2.75, 3.05) is 11.9 Å². The molecule has 0 aliphatic heterocycles. The van der Waals surface area contributed by atoms with E-state index in [9.17, 15) is 0 Å². The number of anilines is 1. The third kappa shape index (κ3) is 4.15. The van der Waals surface area contributed by atoms with Crippen molar-refractivity contribution in [3.8, 4) is 0 Å². The zero-order valence-corrected chi connectivity index (χ0v) is 11.0. The molecule has 0 amide bonds. The van der Waals surface area contributed by atoms with Gasteiger partial charge in [-0.3, -0.25) is 0 Å². The number of aromatic nitrogens is 2. The molecule has 0 spiro atoms. The zero-order chi connectivity index (χ0) is 11.9. The van der Waals surface area contributed by atoms with Crippen molar-refractivity contribution in [1.82, 2.24) is 9.97 Å². The highest BCUT2D eigenvalue weighted by Crippen LogP contribution is 2.12. The average Bonchev–Trinajstić information content (AvgIpc) is 2.36. The summed E-state index contributed by atoms with van der Waals surface area (Å²) in [7, 11) is 0. The molecule has 1 heterocycles. The standard InChI is InChI=1S/C13H14BrN3/c14-12-6-1-4-11(10-12)5-2-7-15-13-16-8-3-9-17-13/h1,3-4,6,8-10H,2,5,7H2,(H,15,16,17). The maximum Gasteiger partial charge on any atom is 0.222 e. The molecule has 0 fully saturated rings. The molecule has 4 heteroatoms. The lowest BCUT2D eigenvalue weighted by Gasteiger charge is -2.04. The lowest BCUT2D eigenvalue weighted by atomic mass is 10.1. The first-order chi connectivity index (χ1) is 8.34. The van der Waals surface area contributed by atoms with E-state index in [-0.39, 0.29) is 0 Å². The minimum Gasteiger partial charge on any atom is -0.354 e. The SMILES string of the molecule is Brc1cccc(CCCNc2ncccn2)c1. The molecular formula is C13H14BrN3. The second-order valence-corrected chi connectivity index (χ2v) is 4.65. The smallest absolute Gasteiger partial charge is 0.222 e. The molecule has 0 aliphatic rings. The third-order valence-corrected chi connectivity index (χ3v) is 2.87. The summed E-state index contributed by atoms with van der Waals surface area (Å²) in [5.74, 6) is 0.696. The minimum absolute atomic E-state index is 0.696. The summed E-state index contributed by atoms with van der Waals surface area (Å²) in [6.07, 6.45) is 5.60. The quantitative estimate of drug-likeness (QED) is 0.859. The number of rotatable bonds is 5. The molecule has 3 nitrogen and oxygen atoms in total. The fourth-order valence-electron chi connectivity index (χ4n) is 1.58. The highest BCUT2D eigenvalue weighted by Gasteiger charge is 1.96. The molecular weight excluding hydrogens is 278 g/mol. The van der Waals surface area contributed by atoms with Gasteiger partial charge in [0.1, 0.15) is 0 Å². The molecule has 0 unspecified atom stereocenters. The number of hydrogen-bond acceptors (Lipinski definition) is 3. The van der Waals surface area contributed by atoms with Crippen molar-refractivity contribution < 1.29 is 0 Å². The molecule has 2 aromatic rings. The van der Waals surface area contributed by atoms with Gasteiger partial charge in [0.2, 0.25) is 5.95 Å². The van der Waals surface area contributed by atoms with E-state index < -0.39 is 0 Å². The van der Waals surface area contributed by atoms with Crippen LogP contribution < -0.4 is 5.32 Å².